The van der Waals surface area contributed by atoms with Crippen LogP contribution in [0.15, 0.2) is 59.5 Å². The Labute approximate surface area is 206 Å². The van der Waals surface area contributed by atoms with Crippen molar-refractivity contribution in [2.24, 2.45) is 0 Å². The number of urea groups is 1. The first-order valence-corrected chi connectivity index (χ1v) is 11.3. The average molecular weight is 500 g/mol. The molecule has 0 unspecified atom stereocenters. The van der Waals surface area contributed by atoms with Crippen LogP contribution < -0.4 is 20.9 Å². The lowest BCUT2D eigenvalue weighted by molar-refractivity contribution is -0.137. The average Bonchev–Trinajstić information content (AvgIpc) is 2.80. The molecule has 1 atom stereocenters. The standard InChI is InChI=1S/C25H26ClN3O6/c1-3-35-21-6-4-5-18(26)17(21)14-29-12-11-20(30)23(24(29)33)28-25(34)27-19(13-22(31)32)16-9-7-15(2)8-10-16/h4-12,19,30H,3,13-14H2,1-2H3,(H,31,32)(H2,27,28,34)/t19-/m0/s1. The smallest absolute Gasteiger partial charge is 0.319 e. The summed E-state index contributed by atoms with van der Waals surface area (Å²) in [5, 5.41) is 24.8. The minimum absolute atomic E-state index is 0.0371. The molecule has 1 heterocycles. The van der Waals surface area contributed by atoms with Gasteiger partial charge in [-0.2, -0.15) is 0 Å². The summed E-state index contributed by atoms with van der Waals surface area (Å²) in [5.41, 5.74) is 1.11. The molecule has 0 radical (unpaired) electrons. The largest absolute Gasteiger partial charge is 0.505 e. The quantitative estimate of drug-likeness (QED) is 0.347. The van der Waals surface area contributed by atoms with Gasteiger partial charge in [0.1, 0.15) is 11.5 Å². The number of aromatic hydroxyl groups is 1. The monoisotopic (exact) mass is 499 g/mol. The van der Waals surface area contributed by atoms with E-state index in [2.05, 4.69) is 10.6 Å². The second kappa shape index (κ2) is 11.4. The lowest BCUT2D eigenvalue weighted by Crippen LogP contribution is -2.36. The van der Waals surface area contributed by atoms with Crippen LogP contribution in [0.3, 0.4) is 0 Å². The van der Waals surface area contributed by atoms with Gasteiger partial charge in [0.25, 0.3) is 5.56 Å². The Morgan fingerprint density at radius 3 is 2.51 bits per heavy atom. The summed E-state index contributed by atoms with van der Waals surface area (Å²) in [4.78, 5) is 37.1. The minimum atomic E-state index is -1.11. The Morgan fingerprint density at radius 2 is 1.86 bits per heavy atom. The van der Waals surface area contributed by atoms with Gasteiger partial charge < -0.3 is 30.2 Å². The van der Waals surface area contributed by atoms with Gasteiger partial charge in [0.2, 0.25) is 0 Å². The molecular formula is C25H26ClN3O6. The molecule has 4 N–H and O–H groups in total. The molecule has 0 saturated carbocycles. The molecule has 0 aliphatic heterocycles. The topological polar surface area (TPSA) is 130 Å². The fourth-order valence-corrected chi connectivity index (χ4v) is 3.72. The SMILES string of the molecule is CCOc1cccc(Cl)c1Cn1ccc(O)c(NC(=O)N[C@@H](CC(=O)O)c2ccc(C)cc2)c1=O. The van der Waals surface area contributed by atoms with E-state index in [9.17, 15) is 24.6 Å². The number of benzene rings is 2. The number of carboxylic acids is 1. The molecule has 2 amide bonds. The number of amides is 2. The highest BCUT2D eigenvalue weighted by Crippen LogP contribution is 2.28. The Morgan fingerprint density at radius 1 is 1.14 bits per heavy atom. The number of aryl methyl sites for hydroxylation is 1. The van der Waals surface area contributed by atoms with Crippen molar-refractivity contribution in [3.8, 4) is 11.5 Å². The predicted octanol–water partition coefficient (Wildman–Crippen LogP) is 4.30. The van der Waals surface area contributed by atoms with E-state index in [0.717, 1.165) is 5.56 Å². The molecule has 35 heavy (non-hydrogen) atoms. The Kier molecular flexibility index (Phi) is 8.38. The number of aliphatic carboxylic acids is 1. The van der Waals surface area contributed by atoms with E-state index in [1.807, 2.05) is 13.8 Å². The number of nitrogens with one attached hydrogen (secondary N) is 2. The van der Waals surface area contributed by atoms with E-state index in [-0.39, 0.29) is 18.7 Å². The van der Waals surface area contributed by atoms with E-state index in [4.69, 9.17) is 16.3 Å². The number of rotatable bonds is 9. The normalized spacial score (nSPS) is 11.5. The highest BCUT2D eigenvalue weighted by Gasteiger charge is 2.21. The van der Waals surface area contributed by atoms with Crippen molar-refractivity contribution in [2.75, 3.05) is 11.9 Å². The Balaban J connectivity index is 1.85. The number of anilines is 1. The van der Waals surface area contributed by atoms with Crippen LogP contribution in [0.5, 0.6) is 11.5 Å². The molecule has 2 aromatic carbocycles. The van der Waals surface area contributed by atoms with Gasteiger partial charge in [-0.1, -0.05) is 47.5 Å². The van der Waals surface area contributed by atoms with E-state index < -0.39 is 29.4 Å². The molecule has 1 aromatic heterocycles. The first-order chi connectivity index (χ1) is 16.7. The summed E-state index contributed by atoms with van der Waals surface area (Å²) in [6.45, 7) is 4.16. The van der Waals surface area contributed by atoms with Crippen LogP contribution in [0.25, 0.3) is 0 Å². The number of halogens is 1. The first kappa shape index (κ1) is 25.6. The van der Waals surface area contributed by atoms with E-state index in [0.29, 0.717) is 28.5 Å². The fraction of sp³-hybridized carbons (Fsp3) is 0.240. The van der Waals surface area contributed by atoms with Crippen LogP contribution in [0.2, 0.25) is 5.02 Å². The third-order valence-electron chi connectivity index (χ3n) is 5.25. The maximum Gasteiger partial charge on any atom is 0.319 e. The number of aromatic nitrogens is 1. The Bertz CT molecular complexity index is 1270. The van der Waals surface area contributed by atoms with Crippen molar-refractivity contribution in [3.05, 3.63) is 86.8 Å². The molecule has 9 nitrogen and oxygen atoms in total. The van der Waals surface area contributed by atoms with Crippen LogP contribution in [0, 0.1) is 6.92 Å². The van der Waals surface area contributed by atoms with Crippen LogP contribution in [-0.4, -0.2) is 33.4 Å². The molecule has 3 rings (SSSR count). The second-order valence-corrected chi connectivity index (χ2v) is 8.23. The molecule has 0 saturated heterocycles. The van der Waals surface area contributed by atoms with Gasteiger partial charge in [-0.25, -0.2) is 4.79 Å². The van der Waals surface area contributed by atoms with Gasteiger partial charge in [-0.05, 0) is 37.6 Å². The molecule has 0 aliphatic carbocycles. The summed E-state index contributed by atoms with van der Waals surface area (Å²) in [7, 11) is 0. The fourth-order valence-electron chi connectivity index (χ4n) is 3.49. The van der Waals surface area contributed by atoms with Gasteiger partial charge in [-0.3, -0.25) is 9.59 Å². The maximum atomic E-state index is 13.1. The van der Waals surface area contributed by atoms with Crippen molar-refractivity contribution >= 4 is 29.3 Å². The predicted molar refractivity (Wildman–Crippen MR) is 132 cm³/mol. The first-order valence-electron chi connectivity index (χ1n) is 10.9. The number of pyridine rings is 1. The summed E-state index contributed by atoms with van der Waals surface area (Å²) in [6.07, 6.45) is 1.01. The summed E-state index contributed by atoms with van der Waals surface area (Å²) in [5.74, 6) is -1.02. The van der Waals surface area contributed by atoms with E-state index in [1.165, 1.54) is 16.8 Å². The second-order valence-electron chi connectivity index (χ2n) is 7.82. The van der Waals surface area contributed by atoms with Crippen LogP contribution >= 0.6 is 11.6 Å². The van der Waals surface area contributed by atoms with Crippen molar-refractivity contribution < 1.29 is 24.5 Å². The lowest BCUT2D eigenvalue weighted by Gasteiger charge is -2.19. The zero-order valence-electron chi connectivity index (χ0n) is 19.2. The van der Waals surface area contributed by atoms with Crippen LogP contribution in [0.4, 0.5) is 10.5 Å². The van der Waals surface area contributed by atoms with Gasteiger partial charge in [0, 0.05) is 16.8 Å². The summed E-state index contributed by atoms with van der Waals surface area (Å²) < 4.78 is 6.87. The van der Waals surface area contributed by atoms with E-state index in [1.54, 1.807) is 42.5 Å². The Hall–Kier alpha value is -3.98. The molecule has 3 aromatic rings. The van der Waals surface area contributed by atoms with Gasteiger partial charge in [-0.15, -0.1) is 0 Å². The number of hydrogen-bond acceptors (Lipinski definition) is 5. The summed E-state index contributed by atoms with van der Waals surface area (Å²) >= 11 is 6.32. The number of carbonyl (C=O) groups excluding carboxylic acids is 1. The van der Waals surface area contributed by atoms with Crippen molar-refractivity contribution in [2.45, 2.75) is 32.9 Å². The zero-order valence-corrected chi connectivity index (χ0v) is 20.0. The van der Waals surface area contributed by atoms with Gasteiger partial charge >= 0.3 is 12.0 Å². The molecule has 10 heteroatoms. The summed E-state index contributed by atoms with van der Waals surface area (Å²) in [6, 6.07) is 11.8. The highest BCUT2D eigenvalue weighted by atomic mass is 35.5. The molecule has 0 bridgehead atoms. The van der Waals surface area contributed by atoms with Crippen molar-refractivity contribution in [1.29, 1.82) is 0 Å². The number of carboxylic acid groups (broad SMARTS) is 1. The molecule has 0 spiro atoms. The molecular weight excluding hydrogens is 474 g/mol. The minimum Gasteiger partial charge on any atom is -0.505 e. The van der Waals surface area contributed by atoms with Gasteiger partial charge in [0.05, 0.1) is 25.6 Å². The van der Waals surface area contributed by atoms with Gasteiger partial charge in [0.15, 0.2) is 5.69 Å². The van der Waals surface area contributed by atoms with Crippen LogP contribution in [0.1, 0.15) is 36.1 Å². The maximum absolute atomic E-state index is 13.1. The number of ether oxygens (including phenoxy) is 1. The van der Waals surface area contributed by atoms with E-state index >= 15 is 0 Å². The number of hydrogen-bond donors (Lipinski definition) is 4. The zero-order chi connectivity index (χ0) is 25.5. The third-order valence-corrected chi connectivity index (χ3v) is 5.60. The van der Waals surface area contributed by atoms with Crippen molar-refractivity contribution in [1.82, 2.24) is 9.88 Å². The van der Waals surface area contributed by atoms with Crippen LogP contribution in [-0.2, 0) is 11.3 Å². The molecule has 0 fully saturated rings. The molecule has 184 valence electrons. The number of nitrogens with zero attached hydrogens (tertiary/aromatic N) is 1. The lowest BCUT2D eigenvalue weighted by atomic mass is 10.0. The highest BCUT2D eigenvalue weighted by molar-refractivity contribution is 6.31. The number of carbonyl (C=O) groups is 2. The van der Waals surface area contributed by atoms with Crippen molar-refractivity contribution in [3.63, 3.8) is 0 Å². The third kappa shape index (κ3) is 6.54. The molecule has 0 aliphatic rings.